The lowest BCUT2D eigenvalue weighted by molar-refractivity contribution is 1.26. The molecule has 3 aromatic rings. The number of anilines is 1. The summed E-state index contributed by atoms with van der Waals surface area (Å²) >= 11 is 13.4. The number of hydrogen-bond donors (Lipinski definition) is 1. The summed E-state index contributed by atoms with van der Waals surface area (Å²) in [5.74, 6) is 0. The van der Waals surface area contributed by atoms with Gasteiger partial charge in [0.05, 0.1) is 21.5 Å². The van der Waals surface area contributed by atoms with Gasteiger partial charge in [0, 0.05) is 23.3 Å². The summed E-state index contributed by atoms with van der Waals surface area (Å²) in [5.41, 5.74) is 6.50. The first-order valence-corrected chi connectivity index (χ1v) is 8.38. The van der Waals surface area contributed by atoms with Crippen molar-refractivity contribution in [3.63, 3.8) is 0 Å². The molecule has 0 aliphatic rings. The first-order valence-electron chi connectivity index (χ1n) is 6.75. The average molecular weight is 363 g/mol. The number of benzene rings is 1. The van der Waals surface area contributed by atoms with Gasteiger partial charge in [-0.25, -0.2) is 4.98 Å². The maximum atomic E-state index is 6.02. The third-order valence-electron chi connectivity index (χ3n) is 3.12. The molecule has 1 N–H and O–H groups in total. The average Bonchev–Trinajstić information content (AvgIpc) is 3.05. The highest BCUT2D eigenvalue weighted by Crippen LogP contribution is 2.25. The molecule has 0 aliphatic heterocycles. The number of nitrogens with zero attached hydrogens (tertiary/aromatic N) is 3. The molecule has 0 atom stereocenters. The molecule has 4 nitrogen and oxygen atoms in total. The summed E-state index contributed by atoms with van der Waals surface area (Å²) in [6.07, 6.45) is 3.52. The highest BCUT2D eigenvalue weighted by atomic mass is 35.5. The lowest BCUT2D eigenvalue weighted by Gasteiger charge is -2.03. The Kier molecular flexibility index (Phi) is 4.91. The quantitative estimate of drug-likeness (QED) is 0.502. The van der Waals surface area contributed by atoms with E-state index in [0.717, 1.165) is 22.5 Å². The molecule has 116 valence electrons. The van der Waals surface area contributed by atoms with Crippen LogP contribution >= 0.6 is 34.5 Å². The third-order valence-corrected chi connectivity index (χ3v) is 4.60. The molecule has 0 amide bonds. The van der Waals surface area contributed by atoms with Crippen LogP contribution in [-0.4, -0.2) is 15.7 Å². The maximum Gasteiger partial charge on any atom is 0.203 e. The van der Waals surface area contributed by atoms with Crippen molar-refractivity contribution in [3.05, 3.63) is 63.7 Å². The van der Waals surface area contributed by atoms with Gasteiger partial charge in [-0.1, -0.05) is 29.3 Å². The first-order chi connectivity index (χ1) is 11.1. The molecule has 0 bridgehead atoms. The van der Waals surface area contributed by atoms with Crippen LogP contribution in [0.4, 0.5) is 5.13 Å². The monoisotopic (exact) mass is 362 g/mol. The molecule has 1 aromatic carbocycles. The standard InChI is InChI=1S/C16H12Cl2N4S/c1-10(11-4-5-13(17)14(18)7-11)21-22-16-20-15(9-23-16)12-3-2-6-19-8-12/h2-9H,1H3,(H,20,22)/b21-10-. The van der Waals surface area contributed by atoms with Crippen LogP contribution in [0.1, 0.15) is 12.5 Å². The highest BCUT2D eigenvalue weighted by Gasteiger charge is 2.05. The van der Waals surface area contributed by atoms with Crippen LogP contribution in [0.2, 0.25) is 10.0 Å². The summed E-state index contributed by atoms with van der Waals surface area (Å²) in [4.78, 5) is 8.58. The zero-order valence-corrected chi connectivity index (χ0v) is 14.5. The summed E-state index contributed by atoms with van der Waals surface area (Å²) in [6.45, 7) is 1.89. The van der Waals surface area contributed by atoms with Gasteiger partial charge < -0.3 is 0 Å². The van der Waals surface area contributed by atoms with Gasteiger partial charge in [0.1, 0.15) is 0 Å². The van der Waals surface area contributed by atoms with Crippen molar-refractivity contribution in [2.45, 2.75) is 6.92 Å². The molecular formula is C16H12Cl2N4S. The summed E-state index contributed by atoms with van der Waals surface area (Å²) in [5, 5.41) is 8.04. The van der Waals surface area contributed by atoms with Crippen molar-refractivity contribution in [2.24, 2.45) is 5.10 Å². The van der Waals surface area contributed by atoms with Gasteiger partial charge in [-0.15, -0.1) is 11.3 Å². The Labute approximate surface area is 147 Å². The van der Waals surface area contributed by atoms with Gasteiger partial charge in [-0.05, 0) is 36.8 Å². The van der Waals surface area contributed by atoms with E-state index < -0.39 is 0 Å². The fraction of sp³-hybridized carbons (Fsp3) is 0.0625. The Morgan fingerprint density at radius 3 is 2.83 bits per heavy atom. The van der Waals surface area contributed by atoms with E-state index in [1.54, 1.807) is 24.5 Å². The number of thiazole rings is 1. The lowest BCUT2D eigenvalue weighted by Crippen LogP contribution is -1.99. The first kappa shape index (κ1) is 15.9. The fourth-order valence-electron chi connectivity index (χ4n) is 1.89. The predicted molar refractivity (Wildman–Crippen MR) is 97.6 cm³/mol. The van der Waals surface area contributed by atoms with E-state index in [1.165, 1.54) is 11.3 Å². The van der Waals surface area contributed by atoms with Crippen LogP contribution in [0.3, 0.4) is 0 Å². The second kappa shape index (κ2) is 7.08. The number of hydrogen-bond acceptors (Lipinski definition) is 5. The molecule has 2 aromatic heterocycles. The van der Waals surface area contributed by atoms with E-state index in [1.807, 2.05) is 30.5 Å². The molecule has 23 heavy (non-hydrogen) atoms. The minimum atomic E-state index is 0.506. The van der Waals surface area contributed by atoms with E-state index in [4.69, 9.17) is 23.2 Å². The van der Waals surface area contributed by atoms with Crippen molar-refractivity contribution < 1.29 is 0 Å². The van der Waals surface area contributed by atoms with Crippen LogP contribution in [0, 0.1) is 0 Å². The van der Waals surface area contributed by atoms with Crippen LogP contribution in [0.5, 0.6) is 0 Å². The fourth-order valence-corrected chi connectivity index (χ4v) is 2.85. The van der Waals surface area contributed by atoms with Gasteiger partial charge in [-0.2, -0.15) is 5.10 Å². The number of halogens is 2. The normalized spacial score (nSPS) is 11.5. The van der Waals surface area contributed by atoms with E-state index in [-0.39, 0.29) is 0 Å². The Morgan fingerprint density at radius 1 is 1.22 bits per heavy atom. The molecule has 2 heterocycles. The molecule has 3 rings (SSSR count). The second-order valence-electron chi connectivity index (χ2n) is 4.72. The number of rotatable bonds is 4. The third kappa shape index (κ3) is 3.88. The largest absolute Gasteiger partial charge is 0.264 e. The van der Waals surface area contributed by atoms with Crippen LogP contribution in [0.15, 0.2) is 53.2 Å². The molecule has 0 unspecified atom stereocenters. The van der Waals surface area contributed by atoms with Crippen LogP contribution < -0.4 is 5.43 Å². The van der Waals surface area contributed by atoms with Gasteiger partial charge in [0.15, 0.2) is 0 Å². The molecule has 0 spiro atoms. The highest BCUT2D eigenvalue weighted by molar-refractivity contribution is 7.14. The minimum Gasteiger partial charge on any atom is -0.264 e. The molecular weight excluding hydrogens is 351 g/mol. The lowest BCUT2D eigenvalue weighted by atomic mass is 10.1. The Hall–Kier alpha value is -1.95. The maximum absolute atomic E-state index is 6.02. The number of nitrogens with one attached hydrogen (secondary N) is 1. The van der Waals surface area contributed by atoms with Crippen LogP contribution in [0.25, 0.3) is 11.3 Å². The zero-order valence-electron chi connectivity index (χ0n) is 12.1. The van der Waals surface area contributed by atoms with Gasteiger partial charge in [-0.3, -0.25) is 10.4 Å². The van der Waals surface area contributed by atoms with Gasteiger partial charge >= 0.3 is 0 Å². The van der Waals surface area contributed by atoms with Gasteiger partial charge in [0.2, 0.25) is 5.13 Å². The predicted octanol–water partition coefficient (Wildman–Crippen LogP) is 5.35. The SMILES string of the molecule is C/C(=N/Nc1nc(-c2cccnc2)cs1)c1ccc(Cl)c(Cl)c1. The molecule has 0 saturated heterocycles. The Balaban J connectivity index is 1.75. The number of hydrazone groups is 1. The molecule has 0 saturated carbocycles. The minimum absolute atomic E-state index is 0.506. The smallest absolute Gasteiger partial charge is 0.203 e. The molecule has 0 radical (unpaired) electrons. The molecule has 0 fully saturated rings. The van der Waals surface area contributed by atoms with E-state index in [0.29, 0.717) is 15.2 Å². The molecule has 7 heteroatoms. The Morgan fingerprint density at radius 2 is 2.09 bits per heavy atom. The van der Waals surface area contributed by atoms with Gasteiger partial charge in [0.25, 0.3) is 0 Å². The van der Waals surface area contributed by atoms with E-state index in [2.05, 4.69) is 20.5 Å². The summed E-state index contributed by atoms with van der Waals surface area (Å²) in [6, 6.07) is 9.26. The van der Waals surface area contributed by atoms with Crippen molar-refractivity contribution in [1.29, 1.82) is 0 Å². The number of pyridine rings is 1. The van der Waals surface area contributed by atoms with Crippen molar-refractivity contribution in [3.8, 4) is 11.3 Å². The van der Waals surface area contributed by atoms with Crippen molar-refractivity contribution in [2.75, 3.05) is 5.43 Å². The summed E-state index contributed by atoms with van der Waals surface area (Å²) in [7, 11) is 0. The van der Waals surface area contributed by atoms with Crippen molar-refractivity contribution >= 4 is 45.4 Å². The van der Waals surface area contributed by atoms with Crippen LogP contribution in [-0.2, 0) is 0 Å². The second-order valence-corrected chi connectivity index (χ2v) is 6.39. The molecule has 0 aliphatic carbocycles. The Bertz CT molecular complexity index is 846. The van der Waals surface area contributed by atoms with E-state index in [9.17, 15) is 0 Å². The summed E-state index contributed by atoms with van der Waals surface area (Å²) < 4.78 is 0. The topological polar surface area (TPSA) is 50.2 Å². The zero-order chi connectivity index (χ0) is 16.2. The van der Waals surface area contributed by atoms with E-state index >= 15 is 0 Å². The number of aromatic nitrogens is 2. The van der Waals surface area contributed by atoms with Crippen molar-refractivity contribution in [1.82, 2.24) is 9.97 Å².